The van der Waals surface area contributed by atoms with Gasteiger partial charge in [-0.25, -0.2) is 0 Å². The SMILES string of the molecule is C/C=C/C1(CC)CC1. The second kappa shape index (κ2) is 1.93. The Morgan fingerprint density at radius 2 is 2.12 bits per heavy atom. The van der Waals surface area contributed by atoms with Gasteiger partial charge in [0.15, 0.2) is 0 Å². The van der Waals surface area contributed by atoms with E-state index in [9.17, 15) is 0 Å². The van der Waals surface area contributed by atoms with Crippen molar-refractivity contribution in [3.63, 3.8) is 0 Å². The highest BCUT2D eigenvalue weighted by atomic mass is 14.4. The normalized spacial score (nSPS) is 24.2. The molecule has 0 bridgehead atoms. The minimum Gasteiger partial charge on any atom is -0.0911 e. The Kier molecular flexibility index (Phi) is 1.41. The summed E-state index contributed by atoms with van der Waals surface area (Å²) in [5, 5.41) is 0. The molecule has 0 heteroatoms. The van der Waals surface area contributed by atoms with E-state index in [2.05, 4.69) is 26.0 Å². The third kappa shape index (κ3) is 0.936. The Labute approximate surface area is 51.6 Å². The van der Waals surface area contributed by atoms with Crippen LogP contribution in [0.2, 0.25) is 0 Å². The lowest BCUT2D eigenvalue weighted by atomic mass is 10.0. The fourth-order valence-electron chi connectivity index (χ4n) is 1.15. The summed E-state index contributed by atoms with van der Waals surface area (Å²) >= 11 is 0. The lowest BCUT2D eigenvalue weighted by Gasteiger charge is -2.01. The highest BCUT2D eigenvalue weighted by molar-refractivity contribution is 5.07. The highest BCUT2D eigenvalue weighted by Gasteiger charge is 2.37. The average Bonchev–Trinajstić information content (AvgIpc) is 2.50. The predicted molar refractivity (Wildman–Crippen MR) is 36.8 cm³/mol. The molecule has 0 amide bonds. The van der Waals surface area contributed by atoms with Crippen LogP contribution < -0.4 is 0 Å². The van der Waals surface area contributed by atoms with Crippen LogP contribution in [0, 0.1) is 5.41 Å². The van der Waals surface area contributed by atoms with Crippen LogP contribution in [0.4, 0.5) is 0 Å². The van der Waals surface area contributed by atoms with Crippen molar-refractivity contribution in [1.82, 2.24) is 0 Å². The molecule has 0 aliphatic heterocycles. The van der Waals surface area contributed by atoms with Gasteiger partial charge in [0.1, 0.15) is 0 Å². The third-order valence-corrected chi connectivity index (χ3v) is 2.12. The van der Waals surface area contributed by atoms with Crippen molar-refractivity contribution in [1.29, 1.82) is 0 Å². The van der Waals surface area contributed by atoms with Crippen LogP contribution in [0.5, 0.6) is 0 Å². The third-order valence-electron chi connectivity index (χ3n) is 2.12. The molecule has 0 radical (unpaired) electrons. The van der Waals surface area contributed by atoms with E-state index in [-0.39, 0.29) is 0 Å². The Hall–Kier alpha value is -0.260. The smallest absolute Gasteiger partial charge is 0.0120 e. The maximum Gasteiger partial charge on any atom is -0.0120 e. The van der Waals surface area contributed by atoms with Crippen LogP contribution in [-0.2, 0) is 0 Å². The van der Waals surface area contributed by atoms with Crippen molar-refractivity contribution in [3.05, 3.63) is 12.2 Å². The van der Waals surface area contributed by atoms with E-state index in [0.29, 0.717) is 5.41 Å². The molecule has 0 nitrogen and oxygen atoms in total. The second-order valence-electron chi connectivity index (χ2n) is 2.72. The quantitative estimate of drug-likeness (QED) is 0.479. The summed E-state index contributed by atoms with van der Waals surface area (Å²) in [5.41, 5.74) is 0.661. The van der Waals surface area contributed by atoms with Gasteiger partial charge in [0, 0.05) is 0 Å². The Balaban J connectivity index is 2.41. The molecule has 0 heterocycles. The van der Waals surface area contributed by atoms with E-state index >= 15 is 0 Å². The summed E-state index contributed by atoms with van der Waals surface area (Å²) in [6.07, 6.45) is 8.71. The first-order valence-electron chi connectivity index (χ1n) is 3.47. The van der Waals surface area contributed by atoms with Crippen molar-refractivity contribution in [3.8, 4) is 0 Å². The van der Waals surface area contributed by atoms with E-state index in [1.165, 1.54) is 19.3 Å². The fourth-order valence-corrected chi connectivity index (χ4v) is 1.15. The molecule has 0 aromatic rings. The maximum absolute atomic E-state index is 2.35. The van der Waals surface area contributed by atoms with E-state index < -0.39 is 0 Å². The number of hydrogen-bond acceptors (Lipinski definition) is 0. The summed E-state index contributed by atoms with van der Waals surface area (Å²) in [4.78, 5) is 0. The standard InChI is InChI=1S/C8H14/c1-3-5-8(4-2)6-7-8/h3,5H,4,6-7H2,1-2H3/b5-3+. The maximum atomic E-state index is 2.35. The first-order chi connectivity index (χ1) is 3.83. The predicted octanol–water partition coefficient (Wildman–Crippen LogP) is 2.75. The van der Waals surface area contributed by atoms with Gasteiger partial charge in [-0.05, 0) is 31.6 Å². The topological polar surface area (TPSA) is 0 Å². The van der Waals surface area contributed by atoms with Gasteiger partial charge in [-0.2, -0.15) is 0 Å². The van der Waals surface area contributed by atoms with Gasteiger partial charge in [-0.3, -0.25) is 0 Å². The Bertz CT molecular complexity index is 96.6. The zero-order valence-electron chi connectivity index (χ0n) is 5.78. The van der Waals surface area contributed by atoms with Crippen molar-refractivity contribution in [2.75, 3.05) is 0 Å². The molecule has 0 aromatic carbocycles. The fraction of sp³-hybridized carbons (Fsp3) is 0.750. The first-order valence-corrected chi connectivity index (χ1v) is 3.47. The van der Waals surface area contributed by atoms with E-state index in [0.717, 1.165) is 0 Å². The summed E-state index contributed by atoms with van der Waals surface area (Å²) in [5.74, 6) is 0. The van der Waals surface area contributed by atoms with Crippen LogP contribution >= 0.6 is 0 Å². The molecule has 46 valence electrons. The Morgan fingerprint density at radius 1 is 1.50 bits per heavy atom. The molecular formula is C8H14. The van der Waals surface area contributed by atoms with Gasteiger partial charge in [0.25, 0.3) is 0 Å². The molecule has 0 atom stereocenters. The molecule has 8 heavy (non-hydrogen) atoms. The monoisotopic (exact) mass is 110 g/mol. The molecule has 1 saturated carbocycles. The summed E-state index contributed by atoms with van der Waals surface area (Å²) in [6, 6.07) is 0. The number of allylic oxidation sites excluding steroid dienone is 2. The molecule has 0 unspecified atom stereocenters. The van der Waals surface area contributed by atoms with Crippen molar-refractivity contribution in [2.45, 2.75) is 33.1 Å². The van der Waals surface area contributed by atoms with Crippen LogP contribution in [0.3, 0.4) is 0 Å². The molecule has 1 aliphatic rings. The van der Waals surface area contributed by atoms with Gasteiger partial charge < -0.3 is 0 Å². The molecule has 1 fully saturated rings. The second-order valence-corrected chi connectivity index (χ2v) is 2.72. The lowest BCUT2D eigenvalue weighted by Crippen LogP contribution is -1.89. The van der Waals surface area contributed by atoms with E-state index in [4.69, 9.17) is 0 Å². The van der Waals surface area contributed by atoms with Gasteiger partial charge in [-0.1, -0.05) is 19.1 Å². The molecule has 0 N–H and O–H groups in total. The van der Waals surface area contributed by atoms with Crippen LogP contribution in [0.15, 0.2) is 12.2 Å². The molecule has 1 aliphatic carbocycles. The van der Waals surface area contributed by atoms with Gasteiger partial charge in [0.2, 0.25) is 0 Å². The van der Waals surface area contributed by atoms with Crippen molar-refractivity contribution < 1.29 is 0 Å². The average molecular weight is 110 g/mol. The highest BCUT2D eigenvalue weighted by Crippen LogP contribution is 2.49. The summed E-state index contributed by atoms with van der Waals surface area (Å²) in [7, 11) is 0. The molecule has 0 spiro atoms. The number of rotatable bonds is 2. The molecular weight excluding hydrogens is 96.1 g/mol. The first kappa shape index (κ1) is 5.87. The zero-order chi connectivity index (χ0) is 6.04. The van der Waals surface area contributed by atoms with Crippen LogP contribution in [0.25, 0.3) is 0 Å². The molecule has 1 rings (SSSR count). The Morgan fingerprint density at radius 3 is 2.25 bits per heavy atom. The molecule has 0 saturated heterocycles. The molecule has 0 aromatic heterocycles. The minimum atomic E-state index is 0.661. The lowest BCUT2D eigenvalue weighted by molar-refractivity contribution is 0.624. The zero-order valence-corrected chi connectivity index (χ0v) is 5.78. The van der Waals surface area contributed by atoms with Crippen LogP contribution in [0.1, 0.15) is 33.1 Å². The van der Waals surface area contributed by atoms with E-state index in [1.807, 2.05) is 0 Å². The summed E-state index contributed by atoms with van der Waals surface area (Å²) in [6.45, 7) is 4.38. The largest absolute Gasteiger partial charge is 0.0911 e. The summed E-state index contributed by atoms with van der Waals surface area (Å²) < 4.78 is 0. The van der Waals surface area contributed by atoms with E-state index in [1.54, 1.807) is 0 Å². The van der Waals surface area contributed by atoms with Crippen molar-refractivity contribution in [2.24, 2.45) is 5.41 Å². The van der Waals surface area contributed by atoms with Crippen LogP contribution in [-0.4, -0.2) is 0 Å². The minimum absolute atomic E-state index is 0.661. The van der Waals surface area contributed by atoms with Gasteiger partial charge in [-0.15, -0.1) is 0 Å². The van der Waals surface area contributed by atoms with Gasteiger partial charge >= 0.3 is 0 Å². The van der Waals surface area contributed by atoms with Crippen molar-refractivity contribution >= 4 is 0 Å². The van der Waals surface area contributed by atoms with Gasteiger partial charge in [0.05, 0.1) is 0 Å². The number of hydrogen-bond donors (Lipinski definition) is 0.